The van der Waals surface area contributed by atoms with Crippen LogP contribution in [0.15, 0.2) is 0 Å². The van der Waals surface area contributed by atoms with E-state index in [4.69, 9.17) is 0 Å². The second-order valence-electron chi connectivity index (χ2n) is 6.47. The van der Waals surface area contributed by atoms with Crippen LogP contribution in [0.4, 0.5) is 0 Å². The molecule has 19 heavy (non-hydrogen) atoms. The number of amides is 1. The van der Waals surface area contributed by atoms with Crippen molar-refractivity contribution in [3.8, 4) is 0 Å². The normalized spacial score (nSPS) is 30.3. The number of hydrogen-bond donors (Lipinski definition) is 1. The molecule has 0 aromatic heterocycles. The molecule has 0 radical (unpaired) electrons. The van der Waals surface area contributed by atoms with Gasteiger partial charge in [0.15, 0.2) is 0 Å². The van der Waals surface area contributed by atoms with Gasteiger partial charge in [-0.1, -0.05) is 26.7 Å². The van der Waals surface area contributed by atoms with Gasteiger partial charge in [0.1, 0.15) is 0 Å². The number of nitrogens with zero attached hydrogens (tertiary/aromatic N) is 1. The third-order valence-corrected chi connectivity index (χ3v) is 5.29. The molecule has 0 spiro atoms. The first-order valence-corrected chi connectivity index (χ1v) is 7.48. The number of carbonyl (C=O) groups excluding carboxylic acids is 1. The quantitative estimate of drug-likeness (QED) is 0.855. The van der Waals surface area contributed by atoms with Crippen LogP contribution in [0.25, 0.3) is 0 Å². The van der Waals surface area contributed by atoms with Gasteiger partial charge in [0, 0.05) is 13.1 Å². The smallest absolute Gasteiger partial charge is 0.307 e. The Morgan fingerprint density at radius 3 is 2.32 bits per heavy atom. The summed E-state index contributed by atoms with van der Waals surface area (Å²) in [4.78, 5) is 25.6. The summed E-state index contributed by atoms with van der Waals surface area (Å²) in [5, 5.41) is 9.18. The van der Waals surface area contributed by atoms with Crippen molar-refractivity contribution in [1.82, 2.24) is 4.90 Å². The largest absolute Gasteiger partial charge is 0.481 e. The maximum absolute atomic E-state index is 12.5. The van der Waals surface area contributed by atoms with E-state index in [9.17, 15) is 14.7 Å². The minimum absolute atomic E-state index is 0.0862. The monoisotopic (exact) mass is 267 g/mol. The highest BCUT2D eigenvalue weighted by molar-refractivity contribution is 5.85. The zero-order chi connectivity index (χ0) is 14.0. The number of hydrogen-bond acceptors (Lipinski definition) is 2. The fraction of sp³-hybridized carbons (Fsp3) is 0.867. The minimum atomic E-state index is -0.800. The van der Waals surface area contributed by atoms with Crippen molar-refractivity contribution in [2.24, 2.45) is 17.3 Å². The van der Waals surface area contributed by atoms with Gasteiger partial charge in [-0.05, 0) is 31.1 Å². The summed E-state index contributed by atoms with van der Waals surface area (Å²) in [6, 6.07) is 0. The molecule has 4 heteroatoms. The highest BCUT2D eigenvalue weighted by atomic mass is 16.4. The maximum Gasteiger partial charge on any atom is 0.307 e. The van der Waals surface area contributed by atoms with Gasteiger partial charge in [-0.3, -0.25) is 9.59 Å². The second-order valence-corrected chi connectivity index (χ2v) is 6.47. The molecule has 1 aliphatic heterocycles. The lowest BCUT2D eigenvalue weighted by molar-refractivity contribution is -0.150. The Kier molecular flexibility index (Phi) is 4.16. The lowest BCUT2D eigenvalue weighted by atomic mass is 9.78. The van der Waals surface area contributed by atoms with Crippen LogP contribution in [0.2, 0.25) is 0 Å². The van der Waals surface area contributed by atoms with E-state index in [1.165, 1.54) is 0 Å². The van der Waals surface area contributed by atoms with E-state index >= 15 is 0 Å². The molecule has 4 nitrogen and oxygen atoms in total. The van der Waals surface area contributed by atoms with Crippen LogP contribution in [-0.4, -0.2) is 35.0 Å². The Hall–Kier alpha value is -1.06. The molecule has 1 N–H and O–H groups in total. The van der Waals surface area contributed by atoms with E-state index in [0.717, 1.165) is 45.2 Å². The molecule has 1 amide bonds. The molecule has 0 bridgehead atoms. The summed E-state index contributed by atoms with van der Waals surface area (Å²) >= 11 is 0. The molecule has 1 heterocycles. The first-order valence-electron chi connectivity index (χ1n) is 7.48. The molecule has 1 saturated heterocycles. The van der Waals surface area contributed by atoms with Gasteiger partial charge in [0.25, 0.3) is 0 Å². The fourth-order valence-corrected chi connectivity index (χ4v) is 3.41. The SMILES string of the molecule is CCC1(C)CCN(C(=O)[C@@H]2CCC[C@@H]2C(=O)O)CC1. The van der Waals surface area contributed by atoms with Crippen LogP contribution in [0, 0.1) is 17.3 Å². The van der Waals surface area contributed by atoms with Crippen LogP contribution >= 0.6 is 0 Å². The number of likely N-dealkylation sites (tertiary alicyclic amines) is 1. The van der Waals surface area contributed by atoms with E-state index in [1.54, 1.807) is 0 Å². The molecule has 2 rings (SSSR count). The highest BCUT2D eigenvalue weighted by Crippen LogP contribution is 2.37. The van der Waals surface area contributed by atoms with Crippen molar-refractivity contribution < 1.29 is 14.7 Å². The van der Waals surface area contributed by atoms with E-state index in [0.29, 0.717) is 11.8 Å². The van der Waals surface area contributed by atoms with E-state index in [2.05, 4.69) is 13.8 Å². The number of carboxylic acids is 1. The van der Waals surface area contributed by atoms with Crippen LogP contribution < -0.4 is 0 Å². The summed E-state index contributed by atoms with van der Waals surface area (Å²) in [5.74, 6) is -1.44. The molecular formula is C15H25NO3. The van der Waals surface area contributed by atoms with Gasteiger partial charge >= 0.3 is 5.97 Å². The fourth-order valence-electron chi connectivity index (χ4n) is 3.41. The van der Waals surface area contributed by atoms with Crippen molar-refractivity contribution in [3.63, 3.8) is 0 Å². The third-order valence-electron chi connectivity index (χ3n) is 5.29. The Morgan fingerprint density at radius 1 is 1.21 bits per heavy atom. The molecule has 2 atom stereocenters. The molecule has 1 aliphatic carbocycles. The van der Waals surface area contributed by atoms with Gasteiger partial charge < -0.3 is 10.0 Å². The zero-order valence-electron chi connectivity index (χ0n) is 12.0. The molecular weight excluding hydrogens is 242 g/mol. The molecule has 1 saturated carbocycles. The van der Waals surface area contributed by atoms with Crippen LogP contribution in [0.3, 0.4) is 0 Å². The summed E-state index contributed by atoms with van der Waals surface area (Å²) in [6.07, 6.45) is 5.51. The Balaban J connectivity index is 1.96. The van der Waals surface area contributed by atoms with Gasteiger partial charge in [0.2, 0.25) is 5.91 Å². The summed E-state index contributed by atoms with van der Waals surface area (Å²) < 4.78 is 0. The number of carbonyl (C=O) groups is 2. The average molecular weight is 267 g/mol. The third kappa shape index (κ3) is 2.93. The Morgan fingerprint density at radius 2 is 1.79 bits per heavy atom. The van der Waals surface area contributed by atoms with Gasteiger partial charge in [-0.15, -0.1) is 0 Å². The van der Waals surface area contributed by atoms with Crippen molar-refractivity contribution in [2.45, 2.75) is 52.4 Å². The van der Waals surface area contributed by atoms with E-state index < -0.39 is 11.9 Å². The number of piperidine rings is 1. The average Bonchev–Trinajstić information content (AvgIpc) is 2.88. The van der Waals surface area contributed by atoms with Crippen molar-refractivity contribution in [3.05, 3.63) is 0 Å². The van der Waals surface area contributed by atoms with E-state index in [1.807, 2.05) is 4.90 Å². The van der Waals surface area contributed by atoms with Gasteiger partial charge in [-0.25, -0.2) is 0 Å². The van der Waals surface area contributed by atoms with Crippen LogP contribution in [0.1, 0.15) is 52.4 Å². The zero-order valence-corrected chi connectivity index (χ0v) is 12.0. The van der Waals surface area contributed by atoms with Crippen LogP contribution in [0.5, 0.6) is 0 Å². The van der Waals surface area contributed by atoms with Crippen molar-refractivity contribution in [2.75, 3.05) is 13.1 Å². The number of carboxylic acid groups (broad SMARTS) is 1. The Labute approximate surface area is 115 Å². The molecule has 0 aromatic rings. The van der Waals surface area contributed by atoms with Crippen LogP contribution in [-0.2, 0) is 9.59 Å². The molecule has 2 aliphatic rings. The van der Waals surface area contributed by atoms with Crippen molar-refractivity contribution in [1.29, 1.82) is 0 Å². The molecule has 0 unspecified atom stereocenters. The number of rotatable bonds is 3. The Bertz CT molecular complexity index is 358. The summed E-state index contributed by atoms with van der Waals surface area (Å²) in [6.45, 7) is 6.08. The van der Waals surface area contributed by atoms with Gasteiger partial charge in [-0.2, -0.15) is 0 Å². The predicted octanol–water partition coefficient (Wildman–Crippen LogP) is 2.53. The lowest BCUT2D eigenvalue weighted by Crippen LogP contribution is -2.45. The summed E-state index contributed by atoms with van der Waals surface area (Å²) in [7, 11) is 0. The topological polar surface area (TPSA) is 57.6 Å². The molecule has 2 fully saturated rings. The standard InChI is InChI=1S/C15H25NO3/c1-3-15(2)7-9-16(10-8-15)13(17)11-5-4-6-12(11)14(18)19/h11-12H,3-10H2,1-2H3,(H,18,19)/t11-,12+/m1/s1. The summed E-state index contributed by atoms with van der Waals surface area (Å²) in [5.41, 5.74) is 0.360. The first-order chi connectivity index (χ1) is 8.97. The predicted molar refractivity (Wildman–Crippen MR) is 72.7 cm³/mol. The lowest BCUT2D eigenvalue weighted by Gasteiger charge is -2.40. The van der Waals surface area contributed by atoms with E-state index in [-0.39, 0.29) is 11.8 Å². The maximum atomic E-state index is 12.5. The van der Waals surface area contributed by atoms with Crippen molar-refractivity contribution >= 4 is 11.9 Å². The molecule has 0 aromatic carbocycles. The molecule has 108 valence electrons. The first kappa shape index (κ1) is 14.4. The minimum Gasteiger partial charge on any atom is -0.481 e. The van der Waals surface area contributed by atoms with Gasteiger partial charge in [0.05, 0.1) is 11.8 Å². The number of aliphatic carboxylic acids is 1. The second kappa shape index (κ2) is 5.51. The highest BCUT2D eigenvalue weighted by Gasteiger charge is 2.41.